The summed E-state index contributed by atoms with van der Waals surface area (Å²) in [5.74, 6) is 0.149. The van der Waals surface area contributed by atoms with E-state index >= 15 is 0 Å². The number of carbonyl (C=O) groups excluding carboxylic acids is 1. The molecule has 0 saturated heterocycles. The number of amides is 1. The van der Waals surface area contributed by atoms with Crippen LogP contribution in [0.3, 0.4) is 0 Å². The van der Waals surface area contributed by atoms with E-state index < -0.39 is 10.8 Å². The van der Waals surface area contributed by atoms with Gasteiger partial charge in [0.15, 0.2) is 0 Å². The molecular formula is C22H19N3O4. The topological polar surface area (TPSA) is 93.8 Å². The summed E-state index contributed by atoms with van der Waals surface area (Å²) < 4.78 is 5.79. The van der Waals surface area contributed by atoms with Crippen molar-refractivity contribution in [2.45, 2.75) is 13.5 Å². The summed E-state index contributed by atoms with van der Waals surface area (Å²) in [5.41, 5.74) is 5.37. The number of hydrazone groups is 1. The van der Waals surface area contributed by atoms with Crippen LogP contribution in [0.4, 0.5) is 5.69 Å². The van der Waals surface area contributed by atoms with Crippen LogP contribution in [-0.2, 0) is 6.61 Å². The first kappa shape index (κ1) is 19.8. The zero-order valence-corrected chi connectivity index (χ0v) is 15.7. The lowest BCUT2D eigenvalue weighted by atomic mass is 10.2. The Morgan fingerprint density at radius 3 is 2.62 bits per heavy atom. The largest absolute Gasteiger partial charge is 0.489 e. The SMILES string of the molecule is Cc1ccc(COc2cccc(/C=N\NC(=O)c3cccc([N+](=O)[O-])c3)c2)cc1. The number of hydrogen-bond donors (Lipinski definition) is 1. The van der Waals surface area contributed by atoms with Crippen molar-refractivity contribution in [3.63, 3.8) is 0 Å². The summed E-state index contributed by atoms with van der Waals surface area (Å²) in [6.07, 6.45) is 1.48. The third-order valence-corrected chi connectivity index (χ3v) is 4.08. The van der Waals surface area contributed by atoms with Gasteiger partial charge in [-0.1, -0.05) is 48.0 Å². The fourth-order valence-electron chi connectivity index (χ4n) is 2.53. The molecule has 0 aromatic heterocycles. The number of hydrogen-bond acceptors (Lipinski definition) is 5. The van der Waals surface area contributed by atoms with Gasteiger partial charge in [0.05, 0.1) is 11.1 Å². The Hall–Kier alpha value is -4.00. The van der Waals surface area contributed by atoms with E-state index in [1.165, 1.54) is 36.0 Å². The van der Waals surface area contributed by atoms with Gasteiger partial charge in [-0.05, 0) is 36.2 Å². The Morgan fingerprint density at radius 1 is 1.10 bits per heavy atom. The first-order chi connectivity index (χ1) is 14.0. The van der Waals surface area contributed by atoms with Crippen LogP contribution < -0.4 is 10.2 Å². The van der Waals surface area contributed by atoms with Crippen molar-refractivity contribution >= 4 is 17.8 Å². The molecule has 0 spiro atoms. The smallest absolute Gasteiger partial charge is 0.271 e. The van der Waals surface area contributed by atoms with Crippen molar-refractivity contribution in [2.75, 3.05) is 0 Å². The summed E-state index contributed by atoms with van der Waals surface area (Å²) in [6.45, 7) is 2.48. The summed E-state index contributed by atoms with van der Waals surface area (Å²) in [6, 6.07) is 20.8. The number of nitro groups is 1. The van der Waals surface area contributed by atoms with E-state index in [0.717, 1.165) is 11.1 Å². The van der Waals surface area contributed by atoms with Crippen molar-refractivity contribution in [2.24, 2.45) is 5.10 Å². The first-order valence-corrected chi connectivity index (χ1v) is 8.87. The van der Waals surface area contributed by atoms with E-state index in [1.54, 1.807) is 6.07 Å². The number of non-ortho nitro benzene ring substituents is 1. The van der Waals surface area contributed by atoms with Crippen LogP contribution in [0.25, 0.3) is 0 Å². The molecule has 0 heterocycles. The highest BCUT2D eigenvalue weighted by atomic mass is 16.6. The highest BCUT2D eigenvalue weighted by molar-refractivity contribution is 5.95. The average molecular weight is 389 g/mol. The summed E-state index contributed by atoms with van der Waals surface area (Å²) >= 11 is 0. The number of nitro benzene ring substituents is 1. The Morgan fingerprint density at radius 2 is 1.86 bits per heavy atom. The first-order valence-electron chi connectivity index (χ1n) is 8.87. The number of aryl methyl sites for hydroxylation is 1. The van der Waals surface area contributed by atoms with E-state index in [1.807, 2.05) is 49.4 Å². The second kappa shape index (κ2) is 9.27. The van der Waals surface area contributed by atoms with Crippen LogP contribution in [0.1, 0.15) is 27.0 Å². The molecule has 7 nitrogen and oxygen atoms in total. The highest BCUT2D eigenvalue weighted by Gasteiger charge is 2.10. The summed E-state index contributed by atoms with van der Waals surface area (Å²) in [7, 11) is 0. The molecular weight excluding hydrogens is 370 g/mol. The Balaban J connectivity index is 1.58. The molecule has 0 unspecified atom stereocenters. The molecule has 0 saturated carbocycles. The number of nitrogens with one attached hydrogen (secondary N) is 1. The molecule has 0 aliphatic heterocycles. The van der Waals surface area contributed by atoms with Gasteiger partial charge >= 0.3 is 0 Å². The van der Waals surface area contributed by atoms with Gasteiger partial charge in [-0.2, -0.15) is 5.10 Å². The van der Waals surface area contributed by atoms with Gasteiger partial charge in [-0.3, -0.25) is 14.9 Å². The second-order valence-corrected chi connectivity index (χ2v) is 6.35. The van der Waals surface area contributed by atoms with Crippen molar-refractivity contribution in [1.29, 1.82) is 0 Å². The summed E-state index contributed by atoms with van der Waals surface area (Å²) in [5, 5.41) is 14.7. The minimum Gasteiger partial charge on any atom is -0.489 e. The molecule has 3 rings (SSSR count). The number of nitrogens with zero attached hydrogens (tertiary/aromatic N) is 2. The van der Waals surface area contributed by atoms with E-state index in [0.29, 0.717) is 12.4 Å². The zero-order valence-electron chi connectivity index (χ0n) is 15.7. The molecule has 0 radical (unpaired) electrons. The van der Waals surface area contributed by atoms with Crippen molar-refractivity contribution in [3.05, 3.63) is 105 Å². The van der Waals surface area contributed by atoms with Crippen LogP contribution in [0.5, 0.6) is 5.75 Å². The molecule has 1 amide bonds. The normalized spacial score (nSPS) is 10.7. The quantitative estimate of drug-likeness (QED) is 0.371. The lowest BCUT2D eigenvalue weighted by Gasteiger charge is -2.07. The average Bonchev–Trinajstić information content (AvgIpc) is 2.73. The van der Waals surface area contributed by atoms with E-state index in [-0.39, 0.29) is 11.3 Å². The van der Waals surface area contributed by atoms with Gasteiger partial charge in [0.1, 0.15) is 12.4 Å². The van der Waals surface area contributed by atoms with Crippen LogP contribution in [0.15, 0.2) is 77.9 Å². The van der Waals surface area contributed by atoms with Crippen LogP contribution >= 0.6 is 0 Å². The second-order valence-electron chi connectivity index (χ2n) is 6.35. The van der Waals surface area contributed by atoms with Crippen molar-refractivity contribution in [3.8, 4) is 5.75 Å². The summed E-state index contributed by atoms with van der Waals surface area (Å²) in [4.78, 5) is 22.3. The Kier molecular flexibility index (Phi) is 6.32. The molecule has 146 valence electrons. The van der Waals surface area contributed by atoms with Crippen LogP contribution in [-0.4, -0.2) is 17.0 Å². The molecule has 3 aromatic rings. The van der Waals surface area contributed by atoms with Crippen LogP contribution in [0, 0.1) is 17.0 Å². The number of carbonyl (C=O) groups is 1. The predicted molar refractivity (Wildman–Crippen MR) is 110 cm³/mol. The molecule has 3 aromatic carbocycles. The highest BCUT2D eigenvalue weighted by Crippen LogP contribution is 2.15. The molecule has 7 heteroatoms. The lowest BCUT2D eigenvalue weighted by molar-refractivity contribution is -0.384. The van der Waals surface area contributed by atoms with Gasteiger partial charge in [-0.25, -0.2) is 5.43 Å². The molecule has 0 atom stereocenters. The predicted octanol–water partition coefficient (Wildman–Crippen LogP) is 4.25. The van der Waals surface area contributed by atoms with Crippen LogP contribution in [0.2, 0.25) is 0 Å². The van der Waals surface area contributed by atoms with E-state index in [4.69, 9.17) is 4.74 Å². The molecule has 0 bridgehead atoms. The molecule has 1 N–H and O–H groups in total. The minimum atomic E-state index is -0.553. The molecule has 29 heavy (non-hydrogen) atoms. The maximum absolute atomic E-state index is 12.1. The third kappa shape index (κ3) is 5.74. The zero-order chi connectivity index (χ0) is 20.6. The minimum absolute atomic E-state index is 0.153. The Labute approximate surface area is 167 Å². The van der Waals surface area contributed by atoms with Crippen molar-refractivity contribution < 1.29 is 14.5 Å². The third-order valence-electron chi connectivity index (χ3n) is 4.08. The molecule has 0 aliphatic rings. The van der Waals surface area contributed by atoms with Gasteiger partial charge in [-0.15, -0.1) is 0 Å². The standard InChI is InChI=1S/C22H19N3O4/c1-16-8-10-17(11-9-16)15-29-21-7-2-4-18(12-21)14-23-24-22(26)19-5-3-6-20(13-19)25(27)28/h2-14H,15H2,1H3,(H,24,26)/b23-14-. The monoisotopic (exact) mass is 389 g/mol. The maximum atomic E-state index is 12.1. The van der Waals surface area contributed by atoms with E-state index in [9.17, 15) is 14.9 Å². The lowest BCUT2D eigenvalue weighted by Crippen LogP contribution is -2.17. The van der Waals surface area contributed by atoms with Crippen molar-refractivity contribution in [1.82, 2.24) is 5.43 Å². The molecule has 0 fully saturated rings. The number of ether oxygens (including phenoxy) is 1. The number of rotatable bonds is 7. The van der Waals surface area contributed by atoms with Gasteiger partial charge < -0.3 is 4.74 Å². The van der Waals surface area contributed by atoms with Gasteiger partial charge in [0.25, 0.3) is 11.6 Å². The fourth-order valence-corrected chi connectivity index (χ4v) is 2.53. The molecule has 0 aliphatic carbocycles. The number of benzene rings is 3. The maximum Gasteiger partial charge on any atom is 0.271 e. The fraction of sp³-hybridized carbons (Fsp3) is 0.0909. The Bertz CT molecular complexity index is 1050. The van der Waals surface area contributed by atoms with E-state index in [2.05, 4.69) is 10.5 Å². The van der Waals surface area contributed by atoms with Gasteiger partial charge in [0, 0.05) is 17.7 Å². The van der Waals surface area contributed by atoms with Gasteiger partial charge in [0.2, 0.25) is 0 Å².